The number of amides is 1. The maximum Gasteiger partial charge on any atom is 0.299 e. The van der Waals surface area contributed by atoms with E-state index < -0.39 is 11.7 Å². The summed E-state index contributed by atoms with van der Waals surface area (Å²) in [7, 11) is 0. The Kier molecular flexibility index (Phi) is 3.65. The van der Waals surface area contributed by atoms with E-state index in [1.54, 1.807) is 11.1 Å². The minimum absolute atomic E-state index is 0.378. The lowest BCUT2D eigenvalue weighted by Gasteiger charge is -2.17. The van der Waals surface area contributed by atoms with Crippen LogP contribution in [0.25, 0.3) is 11.3 Å². The number of fused-ring (bicyclic) bond motifs is 1. The highest BCUT2D eigenvalue weighted by atomic mass is 16.2. The second kappa shape index (κ2) is 5.98. The van der Waals surface area contributed by atoms with Crippen molar-refractivity contribution < 1.29 is 9.59 Å². The first-order valence-electron chi connectivity index (χ1n) is 8.12. The molecule has 1 aliphatic heterocycles. The number of hydrogen-bond acceptors (Lipinski definition) is 3. The molecule has 2 aromatic carbocycles. The molecule has 0 saturated carbocycles. The normalized spacial score (nSPS) is 13.2. The van der Waals surface area contributed by atoms with Crippen molar-refractivity contribution in [1.29, 1.82) is 0 Å². The van der Waals surface area contributed by atoms with Gasteiger partial charge in [-0.1, -0.05) is 48.5 Å². The number of anilines is 1. The van der Waals surface area contributed by atoms with Gasteiger partial charge in [0.1, 0.15) is 0 Å². The first-order chi connectivity index (χ1) is 12.2. The molecule has 1 amide bonds. The SMILES string of the molecule is Cc1cccnc1-c1cccc2c1C(=O)C(=O)N2Cc1ccccc1. The van der Waals surface area contributed by atoms with Crippen LogP contribution in [0.3, 0.4) is 0 Å². The van der Waals surface area contributed by atoms with Crippen LogP contribution in [0.1, 0.15) is 21.5 Å². The van der Waals surface area contributed by atoms with Crippen molar-refractivity contribution in [2.45, 2.75) is 13.5 Å². The Balaban J connectivity index is 1.83. The average molecular weight is 328 g/mol. The van der Waals surface area contributed by atoms with Crippen molar-refractivity contribution in [1.82, 2.24) is 4.98 Å². The molecule has 0 N–H and O–H groups in total. The number of Topliss-reactive ketones (excluding diaryl/α,β-unsaturated/α-hetero) is 1. The van der Waals surface area contributed by atoms with Gasteiger partial charge in [-0.15, -0.1) is 0 Å². The fourth-order valence-electron chi connectivity index (χ4n) is 3.23. The zero-order chi connectivity index (χ0) is 17.4. The van der Waals surface area contributed by atoms with Crippen molar-refractivity contribution in [3.63, 3.8) is 0 Å². The number of aryl methyl sites for hydroxylation is 1. The summed E-state index contributed by atoms with van der Waals surface area (Å²) < 4.78 is 0. The van der Waals surface area contributed by atoms with E-state index in [-0.39, 0.29) is 0 Å². The van der Waals surface area contributed by atoms with Crippen molar-refractivity contribution in [3.05, 3.63) is 83.6 Å². The third-order valence-corrected chi connectivity index (χ3v) is 4.45. The van der Waals surface area contributed by atoms with Gasteiger partial charge in [-0.25, -0.2) is 0 Å². The van der Waals surface area contributed by atoms with Crippen LogP contribution in [0.4, 0.5) is 5.69 Å². The molecule has 4 nitrogen and oxygen atoms in total. The molecule has 0 spiro atoms. The van der Waals surface area contributed by atoms with Gasteiger partial charge in [0.25, 0.3) is 11.7 Å². The van der Waals surface area contributed by atoms with Gasteiger partial charge in [-0.3, -0.25) is 14.6 Å². The number of aromatic nitrogens is 1. The molecule has 2 heterocycles. The predicted octanol–water partition coefficient (Wildman–Crippen LogP) is 3.79. The topological polar surface area (TPSA) is 50.3 Å². The van der Waals surface area contributed by atoms with Gasteiger partial charge in [0.15, 0.2) is 0 Å². The second-order valence-electron chi connectivity index (χ2n) is 6.07. The van der Waals surface area contributed by atoms with Gasteiger partial charge in [0, 0.05) is 11.8 Å². The summed E-state index contributed by atoms with van der Waals surface area (Å²) in [4.78, 5) is 31.2. The van der Waals surface area contributed by atoms with Crippen LogP contribution >= 0.6 is 0 Å². The fraction of sp³-hybridized carbons (Fsp3) is 0.0952. The lowest BCUT2D eigenvalue weighted by atomic mass is 9.98. The number of rotatable bonds is 3. The van der Waals surface area contributed by atoms with E-state index in [2.05, 4.69) is 4.98 Å². The van der Waals surface area contributed by atoms with Gasteiger partial charge in [0.05, 0.1) is 23.5 Å². The monoisotopic (exact) mass is 328 g/mol. The molecule has 0 unspecified atom stereocenters. The largest absolute Gasteiger partial charge is 0.300 e. The van der Waals surface area contributed by atoms with E-state index in [1.807, 2.05) is 67.6 Å². The number of nitrogens with zero attached hydrogens (tertiary/aromatic N) is 2. The number of carbonyl (C=O) groups excluding carboxylic acids is 2. The fourth-order valence-corrected chi connectivity index (χ4v) is 3.23. The van der Waals surface area contributed by atoms with E-state index >= 15 is 0 Å². The molecule has 0 aliphatic carbocycles. The Hall–Kier alpha value is -3.27. The van der Waals surface area contributed by atoms with Crippen LogP contribution < -0.4 is 4.90 Å². The van der Waals surface area contributed by atoms with E-state index in [9.17, 15) is 9.59 Å². The molecule has 25 heavy (non-hydrogen) atoms. The first-order valence-corrected chi connectivity index (χ1v) is 8.12. The molecule has 0 fully saturated rings. The number of ketones is 1. The average Bonchev–Trinajstić information content (AvgIpc) is 2.88. The smallest absolute Gasteiger partial charge is 0.299 e. The molecule has 0 saturated heterocycles. The number of benzene rings is 2. The van der Waals surface area contributed by atoms with E-state index in [0.717, 1.165) is 16.8 Å². The molecule has 0 atom stereocenters. The Labute approximate surface area is 145 Å². The predicted molar refractivity (Wildman–Crippen MR) is 96.4 cm³/mol. The summed E-state index contributed by atoms with van der Waals surface area (Å²) in [5.41, 5.74) is 4.51. The molecule has 0 radical (unpaired) electrons. The zero-order valence-corrected chi connectivity index (χ0v) is 13.8. The Morgan fingerprint density at radius 3 is 2.48 bits per heavy atom. The molecular formula is C21H16N2O2. The van der Waals surface area contributed by atoms with Crippen molar-refractivity contribution in [2.75, 3.05) is 4.90 Å². The van der Waals surface area contributed by atoms with Gasteiger partial charge < -0.3 is 4.90 Å². The van der Waals surface area contributed by atoms with Gasteiger partial charge in [-0.05, 0) is 30.2 Å². The van der Waals surface area contributed by atoms with Crippen molar-refractivity contribution in [3.8, 4) is 11.3 Å². The van der Waals surface area contributed by atoms with Gasteiger partial charge >= 0.3 is 0 Å². The highest BCUT2D eigenvalue weighted by molar-refractivity contribution is 6.53. The molecule has 4 heteroatoms. The minimum atomic E-state index is -0.486. The highest BCUT2D eigenvalue weighted by Gasteiger charge is 2.38. The summed E-state index contributed by atoms with van der Waals surface area (Å²) in [5, 5.41) is 0. The zero-order valence-electron chi connectivity index (χ0n) is 13.8. The molecule has 1 aromatic heterocycles. The Bertz CT molecular complexity index is 980. The first kappa shape index (κ1) is 15.3. The molecule has 0 bridgehead atoms. The van der Waals surface area contributed by atoms with Crippen LogP contribution in [0, 0.1) is 6.92 Å². The number of carbonyl (C=O) groups is 2. The van der Waals surface area contributed by atoms with Crippen LogP contribution in [-0.4, -0.2) is 16.7 Å². The van der Waals surface area contributed by atoms with Crippen LogP contribution in [0.2, 0.25) is 0 Å². The number of hydrogen-bond donors (Lipinski definition) is 0. The molecule has 4 rings (SSSR count). The Morgan fingerprint density at radius 1 is 0.920 bits per heavy atom. The van der Waals surface area contributed by atoms with Crippen LogP contribution in [0.15, 0.2) is 66.9 Å². The maximum atomic E-state index is 12.7. The standard InChI is InChI=1S/C21H16N2O2/c1-14-7-6-12-22-19(14)16-10-5-11-17-18(16)20(24)21(25)23(17)13-15-8-3-2-4-9-15/h2-12H,13H2,1H3. The molecule has 3 aromatic rings. The number of pyridine rings is 1. The van der Waals surface area contributed by atoms with Crippen molar-refractivity contribution in [2.24, 2.45) is 0 Å². The van der Waals surface area contributed by atoms with Gasteiger partial charge in [0.2, 0.25) is 0 Å². The summed E-state index contributed by atoms with van der Waals surface area (Å²) in [6, 6.07) is 19.0. The summed E-state index contributed by atoms with van der Waals surface area (Å²) in [6.45, 7) is 2.33. The maximum absolute atomic E-state index is 12.7. The van der Waals surface area contributed by atoms with Gasteiger partial charge in [-0.2, -0.15) is 0 Å². The van der Waals surface area contributed by atoms with Crippen LogP contribution in [-0.2, 0) is 11.3 Å². The van der Waals surface area contributed by atoms with Crippen molar-refractivity contribution >= 4 is 17.4 Å². The molecular weight excluding hydrogens is 312 g/mol. The Morgan fingerprint density at radius 2 is 1.72 bits per heavy atom. The van der Waals surface area contributed by atoms with E-state index in [1.165, 1.54) is 0 Å². The summed E-state index contributed by atoms with van der Waals surface area (Å²) in [6.07, 6.45) is 1.70. The van der Waals surface area contributed by atoms with E-state index in [4.69, 9.17) is 0 Å². The molecule has 122 valence electrons. The lowest BCUT2D eigenvalue weighted by molar-refractivity contribution is -0.114. The second-order valence-corrected chi connectivity index (χ2v) is 6.07. The summed E-state index contributed by atoms with van der Waals surface area (Å²) in [5.74, 6) is -0.952. The quantitative estimate of drug-likeness (QED) is 0.687. The highest BCUT2D eigenvalue weighted by Crippen LogP contribution is 2.37. The molecule has 1 aliphatic rings. The third kappa shape index (κ3) is 2.52. The minimum Gasteiger partial charge on any atom is -0.300 e. The summed E-state index contributed by atoms with van der Waals surface area (Å²) >= 11 is 0. The third-order valence-electron chi connectivity index (χ3n) is 4.45. The van der Waals surface area contributed by atoms with E-state index in [0.29, 0.717) is 23.4 Å². The lowest BCUT2D eigenvalue weighted by Crippen LogP contribution is -2.29. The van der Waals surface area contributed by atoms with Crippen LogP contribution in [0.5, 0.6) is 0 Å².